The maximum atomic E-state index is 12.8. The molecule has 4 rings (SSSR count). The molecule has 0 bridgehead atoms. The van der Waals surface area contributed by atoms with E-state index in [2.05, 4.69) is 26.5 Å². The molecule has 0 aliphatic carbocycles. The second-order valence-corrected chi connectivity index (χ2v) is 8.83. The van der Waals surface area contributed by atoms with E-state index in [9.17, 15) is 9.59 Å². The maximum absolute atomic E-state index is 12.8. The van der Waals surface area contributed by atoms with Crippen molar-refractivity contribution in [1.82, 2.24) is 5.43 Å². The molecule has 4 aromatic rings. The predicted octanol–water partition coefficient (Wildman–Crippen LogP) is 6.32. The van der Waals surface area contributed by atoms with Gasteiger partial charge in [-0.25, -0.2) is 10.2 Å². The van der Waals surface area contributed by atoms with E-state index < -0.39 is 11.9 Å². The van der Waals surface area contributed by atoms with Crippen molar-refractivity contribution in [2.75, 3.05) is 0 Å². The zero-order chi connectivity index (χ0) is 25.3. The summed E-state index contributed by atoms with van der Waals surface area (Å²) in [4.78, 5) is 25.4. The Labute approximate surface area is 217 Å². The van der Waals surface area contributed by atoms with Gasteiger partial charge < -0.3 is 9.47 Å². The molecule has 0 heterocycles. The van der Waals surface area contributed by atoms with Crippen LogP contribution in [0, 0.1) is 6.92 Å². The first kappa shape index (κ1) is 24.9. The molecule has 0 radical (unpaired) electrons. The normalized spacial score (nSPS) is 10.7. The SMILES string of the molecule is Cc1cccc(C(=O)Oc2ccc(Br)cc2/C=N\NC(=O)c2ccccc2OCc2ccccc2)c1. The fraction of sp³-hybridized carbons (Fsp3) is 0.0690. The summed E-state index contributed by atoms with van der Waals surface area (Å²) < 4.78 is 12.2. The largest absolute Gasteiger partial charge is 0.488 e. The highest BCUT2D eigenvalue weighted by atomic mass is 79.9. The molecule has 0 aliphatic rings. The molecular weight excluding hydrogens is 520 g/mol. The zero-order valence-electron chi connectivity index (χ0n) is 19.5. The number of hydrogen-bond donors (Lipinski definition) is 1. The summed E-state index contributed by atoms with van der Waals surface area (Å²) in [6.45, 7) is 2.24. The maximum Gasteiger partial charge on any atom is 0.343 e. The quantitative estimate of drug-likeness (QED) is 0.122. The average molecular weight is 543 g/mol. The van der Waals surface area contributed by atoms with E-state index in [1.807, 2.05) is 43.3 Å². The third kappa shape index (κ3) is 6.67. The van der Waals surface area contributed by atoms with E-state index in [1.54, 1.807) is 60.7 Å². The van der Waals surface area contributed by atoms with Crippen molar-refractivity contribution in [1.29, 1.82) is 0 Å². The summed E-state index contributed by atoms with van der Waals surface area (Å²) in [5, 5.41) is 4.08. The number of carbonyl (C=O) groups is 2. The van der Waals surface area contributed by atoms with E-state index in [-0.39, 0.29) is 0 Å². The Hall–Kier alpha value is -4.23. The number of benzene rings is 4. The molecule has 7 heteroatoms. The van der Waals surface area contributed by atoms with E-state index in [0.717, 1.165) is 15.6 Å². The molecule has 0 unspecified atom stereocenters. The minimum Gasteiger partial charge on any atom is -0.488 e. The van der Waals surface area contributed by atoms with Crippen LogP contribution in [0.3, 0.4) is 0 Å². The Morgan fingerprint density at radius 1 is 0.889 bits per heavy atom. The van der Waals surface area contributed by atoms with Crippen LogP contribution in [0.15, 0.2) is 107 Å². The summed E-state index contributed by atoms with van der Waals surface area (Å²) in [5.41, 5.74) is 5.78. The number of aryl methyl sites for hydroxylation is 1. The van der Waals surface area contributed by atoms with Crippen LogP contribution in [0.25, 0.3) is 0 Å². The van der Waals surface area contributed by atoms with Crippen LogP contribution >= 0.6 is 15.9 Å². The lowest BCUT2D eigenvalue weighted by molar-refractivity contribution is 0.0734. The smallest absolute Gasteiger partial charge is 0.343 e. The molecule has 6 nitrogen and oxygen atoms in total. The number of amides is 1. The highest BCUT2D eigenvalue weighted by Gasteiger charge is 2.13. The first-order valence-electron chi connectivity index (χ1n) is 11.2. The van der Waals surface area contributed by atoms with Crippen LogP contribution in [0.5, 0.6) is 11.5 Å². The van der Waals surface area contributed by atoms with Crippen molar-refractivity contribution in [2.45, 2.75) is 13.5 Å². The number of para-hydroxylation sites is 1. The van der Waals surface area contributed by atoms with Gasteiger partial charge in [0.15, 0.2) is 0 Å². The molecule has 180 valence electrons. The van der Waals surface area contributed by atoms with Crippen molar-refractivity contribution >= 4 is 34.0 Å². The molecule has 0 fully saturated rings. The molecular formula is C29H23BrN2O4. The molecule has 0 spiro atoms. The van der Waals surface area contributed by atoms with Crippen LogP contribution in [0.4, 0.5) is 0 Å². The third-order valence-electron chi connectivity index (χ3n) is 5.17. The van der Waals surface area contributed by atoms with Crippen molar-refractivity contribution in [3.63, 3.8) is 0 Å². The lowest BCUT2D eigenvalue weighted by Crippen LogP contribution is -2.19. The molecule has 4 aromatic carbocycles. The number of esters is 1. The van der Waals surface area contributed by atoms with Crippen LogP contribution in [0.2, 0.25) is 0 Å². The number of carbonyl (C=O) groups excluding carboxylic acids is 2. The van der Waals surface area contributed by atoms with E-state index in [0.29, 0.717) is 34.8 Å². The molecule has 36 heavy (non-hydrogen) atoms. The van der Waals surface area contributed by atoms with Gasteiger partial charge in [0, 0.05) is 10.0 Å². The van der Waals surface area contributed by atoms with Gasteiger partial charge in [0.05, 0.1) is 17.3 Å². The summed E-state index contributed by atoms with van der Waals surface area (Å²) in [5.74, 6) is -0.147. The first-order valence-corrected chi connectivity index (χ1v) is 12.0. The summed E-state index contributed by atoms with van der Waals surface area (Å²) in [6.07, 6.45) is 1.43. The van der Waals surface area contributed by atoms with Crippen molar-refractivity contribution in [2.24, 2.45) is 5.10 Å². The Balaban J connectivity index is 1.45. The van der Waals surface area contributed by atoms with Crippen LogP contribution in [0.1, 0.15) is 37.4 Å². The van der Waals surface area contributed by atoms with Crippen molar-refractivity contribution < 1.29 is 19.1 Å². The molecule has 0 atom stereocenters. The molecule has 0 aliphatic heterocycles. The lowest BCUT2D eigenvalue weighted by Gasteiger charge is -2.11. The molecule has 0 saturated heterocycles. The van der Waals surface area contributed by atoms with Crippen LogP contribution < -0.4 is 14.9 Å². The number of nitrogens with one attached hydrogen (secondary N) is 1. The van der Waals surface area contributed by atoms with Gasteiger partial charge in [0.1, 0.15) is 18.1 Å². The summed E-state index contributed by atoms with van der Waals surface area (Å²) in [6, 6.07) is 29.0. The van der Waals surface area contributed by atoms with E-state index in [1.165, 1.54) is 6.21 Å². The Morgan fingerprint density at radius 3 is 2.47 bits per heavy atom. The van der Waals surface area contributed by atoms with Gasteiger partial charge >= 0.3 is 5.97 Å². The number of rotatable bonds is 8. The second-order valence-electron chi connectivity index (χ2n) is 7.91. The minimum atomic E-state index is -0.482. The van der Waals surface area contributed by atoms with Gasteiger partial charge in [-0.3, -0.25) is 4.79 Å². The summed E-state index contributed by atoms with van der Waals surface area (Å²) >= 11 is 3.41. The van der Waals surface area contributed by atoms with Gasteiger partial charge in [-0.05, 0) is 55.0 Å². The number of ether oxygens (including phenoxy) is 2. The first-order chi connectivity index (χ1) is 17.5. The topological polar surface area (TPSA) is 77.0 Å². The van der Waals surface area contributed by atoms with Gasteiger partial charge in [0.25, 0.3) is 5.91 Å². The average Bonchev–Trinajstić information content (AvgIpc) is 2.89. The number of hydrogen-bond acceptors (Lipinski definition) is 5. The second kappa shape index (κ2) is 12.0. The molecule has 1 N–H and O–H groups in total. The highest BCUT2D eigenvalue weighted by molar-refractivity contribution is 9.10. The molecule has 0 saturated carbocycles. The van der Waals surface area contributed by atoms with Gasteiger partial charge in [0.2, 0.25) is 0 Å². The Kier molecular flexibility index (Phi) is 8.26. The molecule has 0 aromatic heterocycles. The van der Waals surface area contributed by atoms with Gasteiger partial charge in [-0.1, -0.05) is 76.1 Å². The Bertz CT molecular complexity index is 1400. The fourth-order valence-corrected chi connectivity index (χ4v) is 3.76. The third-order valence-corrected chi connectivity index (χ3v) is 5.66. The van der Waals surface area contributed by atoms with Crippen LogP contribution in [-0.2, 0) is 6.61 Å². The lowest BCUT2D eigenvalue weighted by atomic mass is 10.1. The Morgan fingerprint density at radius 2 is 1.67 bits per heavy atom. The predicted molar refractivity (Wildman–Crippen MR) is 143 cm³/mol. The van der Waals surface area contributed by atoms with E-state index >= 15 is 0 Å². The summed E-state index contributed by atoms with van der Waals surface area (Å²) in [7, 11) is 0. The van der Waals surface area contributed by atoms with Crippen LogP contribution in [-0.4, -0.2) is 18.1 Å². The van der Waals surface area contributed by atoms with Gasteiger partial charge in [-0.2, -0.15) is 5.10 Å². The zero-order valence-corrected chi connectivity index (χ0v) is 21.1. The molecule has 1 amide bonds. The number of nitrogens with zero attached hydrogens (tertiary/aromatic N) is 1. The fourth-order valence-electron chi connectivity index (χ4n) is 3.38. The monoisotopic (exact) mass is 542 g/mol. The standard InChI is InChI=1S/C29H23BrN2O4/c1-20-8-7-11-22(16-20)29(34)36-26-15-14-24(30)17-23(26)18-31-32-28(33)25-12-5-6-13-27(25)35-19-21-9-3-2-4-10-21/h2-18H,19H2,1H3,(H,32,33)/b31-18-. The highest BCUT2D eigenvalue weighted by Crippen LogP contribution is 2.23. The van der Waals surface area contributed by atoms with E-state index in [4.69, 9.17) is 9.47 Å². The number of halogens is 1. The van der Waals surface area contributed by atoms with Gasteiger partial charge in [-0.15, -0.1) is 0 Å². The number of hydrazone groups is 1. The minimum absolute atomic E-state index is 0.314. The van der Waals surface area contributed by atoms with Crippen molar-refractivity contribution in [3.05, 3.63) is 129 Å². The van der Waals surface area contributed by atoms with Crippen molar-refractivity contribution in [3.8, 4) is 11.5 Å².